The first-order valence-electron chi connectivity index (χ1n) is 6.23. The Bertz CT molecular complexity index is 491. The van der Waals surface area contributed by atoms with Gasteiger partial charge in [0.15, 0.2) is 9.84 Å². The predicted molar refractivity (Wildman–Crippen MR) is 70.7 cm³/mol. The SMILES string of the molecule is CS(=O)(=O)c1cccc(OC2CCCNCC2)c1. The molecule has 4 nitrogen and oxygen atoms in total. The third kappa shape index (κ3) is 3.71. The number of nitrogens with one attached hydrogen (secondary N) is 1. The van der Waals surface area contributed by atoms with Gasteiger partial charge in [0, 0.05) is 6.26 Å². The van der Waals surface area contributed by atoms with Crippen molar-refractivity contribution in [2.45, 2.75) is 30.3 Å². The van der Waals surface area contributed by atoms with E-state index in [1.165, 1.54) is 6.26 Å². The molecule has 0 aliphatic carbocycles. The van der Waals surface area contributed by atoms with E-state index >= 15 is 0 Å². The molecule has 1 aliphatic rings. The molecule has 100 valence electrons. The van der Waals surface area contributed by atoms with Crippen LogP contribution >= 0.6 is 0 Å². The van der Waals surface area contributed by atoms with Gasteiger partial charge in [-0.05, 0) is 50.6 Å². The molecule has 1 fully saturated rings. The lowest BCUT2D eigenvalue weighted by atomic mass is 10.1. The first kappa shape index (κ1) is 13.4. The lowest BCUT2D eigenvalue weighted by molar-refractivity contribution is 0.187. The molecule has 0 saturated carbocycles. The average molecular weight is 269 g/mol. The number of hydrogen-bond donors (Lipinski definition) is 1. The van der Waals surface area contributed by atoms with Gasteiger partial charge in [0.2, 0.25) is 0 Å². The highest BCUT2D eigenvalue weighted by molar-refractivity contribution is 7.90. The quantitative estimate of drug-likeness (QED) is 0.906. The van der Waals surface area contributed by atoms with Gasteiger partial charge in [0.1, 0.15) is 5.75 Å². The van der Waals surface area contributed by atoms with E-state index in [-0.39, 0.29) is 6.10 Å². The maximum Gasteiger partial charge on any atom is 0.175 e. The Hall–Kier alpha value is -1.07. The molecule has 2 rings (SSSR count). The van der Waals surface area contributed by atoms with E-state index < -0.39 is 9.84 Å². The van der Waals surface area contributed by atoms with Crippen molar-refractivity contribution >= 4 is 9.84 Å². The standard InChI is InChI=1S/C13H19NO3S/c1-18(15,16)13-6-2-4-12(10-13)17-11-5-3-8-14-9-7-11/h2,4,6,10-11,14H,3,5,7-9H2,1H3. The van der Waals surface area contributed by atoms with Crippen molar-refractivity contribution in [3.63, 3.8) is 0 Å². The van der Waals surface area contributed by atoms with E-state index in [0.717, 1.165) is 32.4 Å². The first-order chi connectivity index (χ1) is 8.55. The summed E-state index contributed by atoms with van der Waals surface area (Å²) in [6.45, 7) is 1.99. The molecule has 1 saturated heterocycles. The monoisotopic (exact) mass is 269 g/mol. The van der Waals surface area contributed by atoms with Gasteiger partial charge in [-0.3, -0.25) is 0 Å². The fourth-order valence-electron chi connectivity index (χ4n) is 2.08. The van der Waals surface area contributed by atoms with Gasteiger partial charge in [0.25, 0.3) is 0 Å². The molecule has 5 heteroatoms. The zero-order valence-electron chi connectivity index (χ0n) is 10.6. The largest absolute Gasteiger partial charge is 0.490 e. The summed E-state index contributed by atoms with van der Waals surface area (Å²) in [5.41, 5.74) is 0. The van der Waals surface area contributed by atoms with Crippen LogP contribution in [0.15, 0.2) is 29.2 Å². The molecule has 1 aromatic carbocycles. The minimum atomic E-state index is -3.17. The number of hydrogen-bond acceptors (Lipinski definition) is 4. The molecule has 0 radical (unpaired) electrons. The van der Waals surface area contributed by atoms with Crippen LogP contribution in [0.5, 0.6) is 5.75 Å². The van der Waals surface area contributed by atoms with E-state index in [1.54, 1.807) is 18.2 Å². The van der Waals surface area contributed by atoms with E-state index in [9.17, 15) is 8.42 Å². The Morgan fingerprint density at radius 1 is 1.28 bits per heavy atom. The summed E-state index contributed by atoms with van der Waals surface area (Å²) in [4.78, 5) is 0.312. The maximum atomic E-state index is 11.5. The number of ether oxygens (including phenoxy) is 1. The average Bonchev–Trinajstić information content (AvgIpc) is 2.57. The van der Waals surface area contributed by atoms with Crippen molar-refractivity contribution in [3.8, 4) is 5.75 Å². The molecular weight excluding hydrogens is 250 g/mol. The Morgan fingerprint density at radius 2 is 2.11 bits per heavy atom. The van der Waals surface area contributed by atoms with Crippen molar-refractivity contribution in [1.82, 2.24) is 5.32 Å². The Kier molecular flexibility index (Phi) is 4.24. The van der Waals surface area contributed by atoms with Crippen molar-refractivity contribution in [1.29, 1.82) is 0 Å². The third-order valence-corrected chi connectivity index (χ3v) is 4.17. The molecule has 0 spiro atoms. The van der Waals surface area contributed by atoms with E-state index in [4.69, 9.17) is 4.74 Å². The molecule has 1 heterocycles. The van der Waals surface area contributed by atoms with Gasteiger partial charge >= 0.3 is 0 Å². The second-order valence-corrected chi connectivity index (χ2v) is 6.68. The molecule has 1 unspecified atom stereocenters. The van der Waals surface area contributed by atoms with E-state index in [0.29, 0.717) is 10.6 Å². The Morgan fingerprint density at radius 3 is 2.89 bits per heavy atom. The smallest absolute Gasteiger partial charge is 0.175 e. The Labute approximate surface area is 108 Å². The molecular formula is C13H19NO3S. The van der Waals surface area contributed by atoms with Crippen LogP contribution in [0, 0.1) is 0 Å². The zero-order valence-corrected chi connectivity index (χ0v) is 11.4. The molecule has 1 aromatic rings. The van der Waals surface area contributed by atoms with Gasteiger partial charge in [-0.2, -0.15) is 0 Å². The van der Waals surface area contributed by atoms with E-state index in [1.807, 2.05) is 6.07 Å². The number of sulfone groups is 1. The fraction of sp³-hybridized carbons (Fsp3) is 0.538. The lowest BCUT2D eigenvalue weighted by Gasteiger charge is -2.17. The fourth-order valence-corrected chi connectivity index (χ4v) is 2.73. The van der Waals surface area contributed by atoms with Crippen LogP contribution in [-0.4, -0.2) is 33.9 Å². The van der Waals surface area contributed by atoms with Crippen LogP contribution < -0.4 is 10.1 Å². The molecule has 1 aliphatic heterocycles. The third-order valence-electron chi connectivity index (χ3n) is 3.06. The molecule has 18 heavy (non-hydrogen) atoms. The summed E-state index contributed by atoms with van der Waals surface area (Å²) in [6.07, 6.45) is 4.45. The summed E-state index contributed by atoms with van der Waals surface area (Å²) < 4.78 is 28.8. The van der Waals surface area contributed by atoms with Gasteiger partial charge in [0.05, 0.1) is 11.0 Å². The summed E-state index contributed by atoms with van der Waals surface area (Å²) in [7, 11) is -3.17. The van der Waals surface area contributed by atoms with Crippen molar-refractivity contribution in [2.75, 3.05) is 19.3 Å². The predicted octanol–water partition coefficient (Wildman–Crippen LogP) is 1.61. The van der Waals surface area contributed by atoms with Gasteiger partial charge < -0.3 is 10.1 Å². The first-order valence-corrected chi connectivity index (χ1v) is 8.12. The summed E-state index contributed by atoms with van der Waals surface area (Å²) in [5.74, 6) is 0.643. The maximum absolute atomic E-state index is 11.5. The molecule has 0 bridgehead atoms. The highest BCUT2D eigenvalue weighted by Gasteiger charge is 2.14. The van der Waals surface area contributed by atoms with Crippen LogP contribution in [-0.2, 0) is 9.84 Å². The highest BCUT2D eigenvalue weighted by atomic mass is 32.2. The van der Waals surface area contributed by atoms with Gasteiger partial charge in [-0.15, -0.1) is 0 Å². The van der Waals surface area contributed by atoms with Gasteiger partial charge in [-0.1, -0.05) is 6.07 Å². The second kappa shape index (κ2) is 5.71. The minimum absolute atomic E-state index is 0.176. The molecule has 1 N–H and O–H groups in total. The van der Waals surface area contributed by atoms with Crippen molar-refractivity contribution in [2.24, 2.45) is 0 Å². The lowest BCUT2D eigenvalue weighted by Crippen LogP contribution is -2.19. The van der Waals surface area contributed by atoms with Crippen LogP contribution in [0.3, 0.4) is 0 Å². The normalized spacial score (nSPS) is 21.3. The summed E-state index contributed by atoms with van der Waals surface area (Å²) >= 11 is 0. The minimum Gasteiger partial charge on any atom is -0.490 e. The van der Waals surface area contributed by atoms with Crippen molar-refractivity contribution in [3.05, 3.63) is 24.3 Å². The van der Waals surface area contributed by atoms with Gasteiger partial charge in [-0.25, -0.2) is 8.42 Å². The molecule has 1 atom stereocenters. The van der Waals surface area contributed by atoms with Crippen LogP contribution in [0.4, 0.5) is 0 Å². The summed E-state index contributed by atoms with van der Waals surface area (Å²) in [6, 6.07) is 6.73. The number of rotatable bonds is 3. The summed E-state index contributed by atoms with van der Waals surface area (Å²) in [5, 5.41) is 3.32. The topological polar surface area (TPSA) is 55.4 Å². The van der Waals surface area contributed by atoms with Crippen LogP contribution in [0.1, 0.15) is 19.3 Å². The second-order valence-electron chi connectivity index (χ2n) is 4.67. The van der Waals surface area contributed by atoms with Crippen molar-refractivity contribution < 1.29 is 13.2 Å². The van der Waals surface area contributed by atoms with Crippen LogP contribution in [0.25, 0.3) is 0 Å². The van der Waals surface area contributed by atoms with E-state index in [2.05, 4.69) is 5.32 Å². The molecule has 0 aromatic heterocycles. The zero-order chi connectivity index (χ0) is 13.0. The Balaban J connectivity index is 2.09. The highest BCUT2D eigenvalue weighted by Crippen LogP contribution is 2.21. The molecule has 0 amide bonds. The number of benzene rings is 1. The van der Waals surface area contributed by atoms with Crippen LogP contribution in [0.2, 0.25) is 0 Å².